The van der Waals surface area contributed by atoms with Crippen LogP contribution in [0, 0.1) is 0 Å². The molecule has 0 bridgehead atoms. The number of hydrogen-bond donors (Lipinski definition) is 1. The first-order valence-electron chi connectivity index (χ1n) is 5.69. The predicted molar refractivity (Wildman–Crippen MR) is 74.5 cm³/mol. The first-order chi connectivity index (χ1) is 9.33. The zero-order valence-corrected chi connectivity index (χ0v) is 10.7. The molecule has 0 unspecified atom stereocenters. The van der Waals surface area contributed by atoms with Crippen LogP contribution in [0.15, 0.2) is 58.5 Å². The number of hydroxylamine groups is 1. The Labute approximate surface area is 114 Å². The van der Waals surface area contributed by atoms with Gasteiger partial charge in [-0.25, -0.2) is 4.99 Å². The second-order valence-corrected chi connectivity index (χ2v) is 4.84. The number of amides is 1. The molecule has 3 rings (SSSR count). The van der Waals surface area contributed by atoms with Crippen molar-refractivity contribution in [2.45, 2.75) is 0 Å². The number of hydrogen-bond acceptors (Lipinski definition) is 4. The number of aliphatic imine (C=N–C) groups is 1. The van der Waals surface area contributed by atoms with Crippen LogP contribution in [0.3, 0.4) is 0 Å². The minimum absolute atomic E-state index is 0.340. The number of benzene rings is 1. The minimum Gasteiger partial charge on any atom is -0.358 e. The largest absolute Gasteiger partial charge is 0.358 e. The van der Waals surface area contributed by atoms with Crippen molar-refractivity contribution in [3.63, 3.8) is 0 Å². The molecule has 2 heterocycles. The molecule has 5 heteroatoms. The number of nitrogens with zero attached hydrogens (tertiary/aromatic N) is 1. The SMILES string of the molecule is O=C1NOC(c2ccccc2)=NC1=Cc1cccs1. The topological polar surface area (TPSA) is 50.7 Å². The van der Waals surface area contributed by atoms with Crippen molar-refractivity contribution in [3.8, 4) is 0 Å². The molecule has 0 atom stereocenters. The number of carbonyl (C=O) groups excluding carboxylic acids is 1. The molecule has 0 fully saturated rings. The fourth-order valence-corrected chi connectivity index (χ4v) is 2.29. The zero-order chi connectivity index (χ0) is 13.1. The average molecular weight is 270 g/mol. The van der Waals surface area contributed by atoms with E-state index in [1.54, 1.807) is 17.4 Å². The van der Waals surface area contributed by atoms with E-state index in [0.717, 1.165) is 10.4 Å². The van der Waals surface area contributed by atoms with Crippen LogP contribution >= 0.6 is 11.3 Å². The Kier molecular flexibility index (Phi) is 3.12. The van der Waals surface area contributed by atoms with E-state index in [0.29, 0.717) is 11.6 Å². The summed E-state index contributed by atoms with van der Waals surface area (Å²) in [6, 6.07) is 13.3. The summed E-state index contributed by atoms with van der Waals surface area (Å²) in [4.78, 5) is 22.1. The second-order valence-electron chi connectivity index (χ2n) is 3.86. The van der Waals surface area contributed by atoms with E-state index in [1.807, 2.05) is 47.8 Å². The molecule has 2 aromatic rings. The number of nitrogens with one attached hydrogen (secondary N) is 1. The Hall–Kier alpha value is -2.40. The second kappa shape index (κ2) is 5.07. The third-order valence-corrected chi connectivity index (χ3v) is 3.36. The van der Waals surface area contributed by atoms with Crippen LogP contribution in [0.2, 0.25) is 0 Å². The third kappa shape index (κ3) is 2.56. The molecule has 1 aromatic carbocycles. The lowest BCUT2D eigenvalue weighted by molar-refractivity contribution is -0.125. The van der Waals surface area contributed by atoms with Crippen LogP contribution in [0.5, 0.6) is 0 Å². The van der Waals surface area contributed by atoms with E-state index < -0.39 is 0 Å². The van der Waals surface area contributed by atoms with E-state index in [2.05, 4.69) is 10.5 Å². The summed E-state index contributed by atoms with van der Waals surface area (Å²) in [5.74, 6) is 0.0519. The first kappa shape index (κ1) is 11.7. The molecule has 0 saturated heterocycles. The average Bonchev–Trinajstić information content (AvgIpc) is 2.95. The molecule has 94 valence electrons. The van der Waals surface area contributed by atoms with Gasteiger partial charge >= 0.3 is 5.91 Å². The van der Waals surface area contributed by atoms with Crippen molar-refractivity contribution in [3.05, 3.63) is 64.0 Å². The smallest absolute Gasteiger partial charge is 0.302 e. The molecular weight excluding hydrogens is 260 g/mol. The van der Waals surface area contributed by atoms with Gasteiger partial charge in [-0.05, 0) is 29.7 Å². The highest BCUT2D eigenvalue weighted by Gasteiger charge is 2.19. The van der Waals surface area contributed by atoms with Crippen LogP contribution < -0.4 is 5.48 Å². The monoisotopic (exact) mass is 270 g/mol. The van der Waals surface area contributed by atoms with Gasteiger partial charge in [0.1, 0.15) is 5.70 Å². The van der Waals surface area contributed by atoms with Gasteiger partial charge in [0.2, 0.25) is 0 Å². The fourth-order valence-electron chi connectivity index (χ4n) is 1.64. The molecule has 19 heavy (non-hydrogen) atoms. The summed E-state index contributed by atoms with van der Waals surface area (Å²) in [7, 11) is 0. The molecule has 1 amide bonds. The quantitative estimate of drug-likeness (QED) is 0.853. The van der Waals surface area contributed by atoms with Crippen molar-refractivity contribution >= 4 is 29.2 Å². The standard InChI is InChI=1S/C14H10N2O2S/c17-13-12(9-11-7-4-8-19-11)15-14(18-16-13)10-5-2-1-3-6-10/h1-9H,(H,16,17). The summed E-state index contributed by atoms with van der Waals surface area (Å²) >= 11 is 1.55. The van der Waals surface area contributed by atoms with E-state index >= 15 is 0 Å². The molecule has 1 N–H and O–H groups in total. The highest BCUT2D eigenvalue weighted by atomic mass is 32.1. The summed E-state index contributed by atoms with van der Waals surface area (Å²) in [5, 5.41) is 1.95. The molecule has 1 aliphatic heterocycles. The lowest BCUT2D eigenvalue weighted by Gasteiger charge is -2.15. The molecular formula is C14H10N2O2S. The van der Waals surface area contributed by atoms with Gasteiger partial charge in [-0.1, -0.05) is 24.3 Å². The Bertz CT molecular complexity index is 645. The van der Waals surface area contributed by atoms with E-state index in [9.17, 15) is 4.79 Å². The molecule has 1 aliphatic rings. The Morgan fingerprint density at radius 3 is 2.74 bits per heavy atom. The third-order valence-electron chi connectivity index (χ3n) is 2.54. The van der Waals surface area contributed by atoms with Gasteiger partial charge in [0.05, 0.1) is 0 Å². The van der Waals surface area contributed by atoms with Gasteiger partial charge in [-0.2, -0.15) is 5.48 Å². The first-order valence-corrected chi connectivity index (χ1v) is 6.57. The molecule has 0 spiro atoms. The molecule has 4 nitrogen and oxygen atoms in total. The highest BCUT2D eigenvalue weighted by molar-refractivity contribution is 7.10. The maximum absolute atomic E-state index is 11.7. The highest BCUT2D eigenvalue weighted by Crippen LogP contribution is 2.17. The van der Waals surface area contributed by atoms with Crippen LogP contribution in [0.1, 0.15) is 10.4 Å². The number of rotatable bonds is 2. The van der Waals surface area contributed by atoms with Crippen molar-refractivity contribution in [1.29, 1.82) is 0 Å². The molecule has 0 radical (unpaired) electrons. The van der Waals surface area contributed by atoms with Crippen LogP contribution in [-0.2, 0) is 9.63 Å². The van der Waals surface area contributed by atoms with Crippen molar-refractivity contribution in [1.82, 2.24) is 5.48 Å². The number of carbonyl (C=O) groups is 1. The van der Waals surface area contributed by atoms with E-state index in [1.165, 1.54) is 0 Å². The summed E-state index contributed by atoms with van der Waals surface area (Å²) in [5.41, 5.74) is 3.52. The van der Waals surface area contributed by atoms with E-state index in [4.69, 9.17) is 4.84 Å². The summed E-state index contributed by atoms with van der Waals surface area (Å²) < 4.78 is 0. The van der Waals surface area contributed by atoms with Crippen molar-refractivity contribution in [2.75, 3.05) is 0 Å². The van der Waals surface area contributed by atoms with Crippen molar-refractivity contribution < 1.29 is 9.63 Å². The summed E-state index contributed by atoms with van der Waals surface area (Å²) in [6.07, 6.45) is 1.74. The van der Waals surface area contributed by atoms with E-state index in [-0.39, 0.29) is 5.91 Å². The fraction of sp³-hybridized carbons (Fsp3) is 0. The normalized spacial score (nSPS) is 16.7. The lowest BCUT2D eigenvalue weighted by Crippen LogP contribution is -2.33. The maximum atomic E-state index is 11.7. The summed E-state index contributed by atoms with van der Waals surface area (Å²) in [6.45, 7) is 0. The lowest BCUT2D eigenvalue weighted by atomic mass is 10.2. The van der Waals surface area contributed by atoms with Gasteiger partial charge < -0.3 is 4.84 Å². The van der Waals surface area contributed by atoms with Gasteiger partial charge in [0.15, 0.2) is 0 Å². The molecule has 1 aromatic heterocycles. The maximum Gasteiger partial charge on any atom is 0.302 e. The Morgan fingerprint density at radius 1 is 1.16 bits per heavy atom. The van der Waals surface area contributed by atoms with Gasteiger partial charge in [0.25, 0.3) is 5.90 Å². The van der Waals surface area contributed by atoms with Crippen LogP contribution in [-0.4, -0.2) is 11.8 Å². The van der Waals surface area contributed by atoms with Gasteiger partial charge in [-0.3, -0.25) is 4.79 Å². The molecule has 0 aliphatic carbocycles. The van der Waals surface area contributed by atoms with Crippen LogP contribution in [0.4, 0.5) is 0 Å². The van der Waals surface area contributed by atoms with Gasteiger partial charge in [-0.15, -0.1) is 11.3 Å². The Balaban J connectivity index is 1.98. The molecule has 0 saturated carbocycles. The van der Waals surface area contributed by atoms with Gasteiger partial charge in [0, 0.05) is 10.4 Å². The number of thiophene rings is 1. The van der Waals surface area contributed by atoms with Crippen molar-refractivity contribution in [2.24, 2.45) is 4.99 Å². The zero-order valence-electron chi connectivity index (χ0n) is 9.87. The minimum atomic E-state index is -0.340. The van der Waals surface area contributed by atoms with Crippen LogP contribution in [0.25, 0.3) is 6.08 Å². The Morgan fingerprint density at radius 2 is 2.00 bits per heavy atom. The predicted octanol–water partition coefficient (Wildman–Crippen LogP) is 2.60.